The molecule has 1 aliphatic rings. The summed E-state index contributed by atoms with van der Waals surface area (Å²) < 4.78 is 12.3. The molecule has 0 radical (unpaired) electrons. The summed E-state index contributed by atoms with van der Waals surface area (Å²) in [5, 5.41) is 11.9. The summed E-state index contributed by atoms with van der Waals surface area (Å²) in [6, 6.07) is 19.5. The molecule has 1 saturated heterocycles. The summed E-state index contributed by atoms with van der Waals surface area (Å²) in [7, 11) is 0. The summed E-state index contributed by atoms with van der Waals surface area (Å²) in [5.41, 5.74) is 2.96. The summed E-state index contributed by atoms with van der Waals surface area (Å²) in [6.45, 7) is 9.29. The Hall–Kier alpha value is -4.17. The van der Waals surface area contributed by atoms with Crippen LogP contribution in [0, 0.1) is 0 Å². The van der Waals surface area contributed by atoms with Crippen LogP contribution in [-0.2, 0) is 9.59 Å². The maximum Gasteiger partial charge on any atom is 0.301 e. The van der Waals surface area contributed by atoms with Gasteiger partial charge in [-0.25, -0.2) is 4.98 Å². The minimum absolute atomic E-state index is 0.0206. The van der Waals surface area contributed by atoms with Crippen molar-refractivity contribution in [1.82, 2.24) is 4.98 Å². The van der Waals surface area contributed by atoms with Gasteiger partial charge in [0.2, 0.25) is 0 Å². The Balaban J connectivity index is 1.63. The molecule has 7 nitrogen and oxygen atoms in total. The van der Waals surface area contributed by atoms with Crippen molar-refractivity contribution in [3.63, 3.8) is 0 Å². The van der Waals surface area contributed by atoms with E-state index in [2.05, 4.69) is 20.8 Å². The number of unbranched alkanes of at least 4 members (excludes halogenated alkanes) is 1. The van der Waals surface area contributed by atoms with Gasteiger partial charge in [0.05, 0.1) is 35.0 Å². The van der Waals surface area contributed by atoms with Gasteiger partial charge in [-0.3, -0.25) is 14.5 Å². The Kier molecular flexibility index (Phi) is 8.40. The molecule has 1 atom stereocenters. The van der Waals surface area contributed by atoms with E-state index in [9.17, 15) is 14.7 Å². The summed E-state index contributed by atoms with van der Waals surface area (Å²) in [4.78, 5) is 33.4. The van der Waals surface area contributed by atoms with Gasteiger partial charge in [-0.15, -0.1) is 0 Å². The van der Waals surface area contributed by atoms with Gasteiger partial charge < -0.3 is 14.6 Å². The molecule has 0 saturated carbocycles. The fourth-order valence-corrected chi connectivity index (χ4v) is 5.90. The normalized spacial score (nSPS) is 16.6. The lowest BCUT2D eigenvalue weighted by Crippen LogP contribution is -2.29. The number of hydrogen-bond donors (Lipinski definition) is 1. The fourth-order valence-electron chi connectivity index (χ4n) is 4.88. The highest BCUT2D eigenvalue weighted by Crippen LogP contribution is 2.45. The second-order valence-electron chi connectivity index (χ2n) is 10.3. The number of aromatic nitrogens is 1. The maximum absolute atomic E-state index is 13.6. The number of ketones is 1. The quantitative estimate of drug-likeness (QED) is 0.0913. The van der Waals surface area contributed by atoms with Gasteiger partial charge in [-0.1, -0.05) is 74.9 Å². The van der Waals surface area contributed by atoms with Crippen LogP contribution in [0.2, 0.25) is 0 Å². The first-order chi connectivity index (χ1) is 19.8. The Morgan fingerprint density at radius 2 is 1.76 bits per heavy atom. The molecule has 4 aromatic rings. The predicted octanol–water partition coefficient (Wildman–Crippen LogP) is 7.62. The molecule has 1 N–H and O–H groups in total. The zero-order valence-corrected chi connectivity index (χ0v) is 24.5. The third-order valence-electron chi connectivity index (χ3n) is 7.10. The van der Waals surface area contributed by atoms with Gasteiger partial charge in [0.25, 0.3) is 5.78 Å². The number of hydrogen-bond acceptors (Lipinski definition) is 7. The molecule has 1 fully saturated rings. The molecule has 41 heavy (non-hydrogen) atoms. The van der Waals surface area contributed by atoms with Crippen molar-refractivity contribution in [3.8, 4) is 11.5 Å². The zero-order valence-electron chi connectivity index (χ0n) is 23.7. The van der Waals surface area contributed by atoms with Gasteiger partial charge >= 0.3 is 5.91 Å². The van der Waals surface area contributed by atoms with Crippen molar-refractivity contribution >= 4 is 44.1 Å². The van der Waals surface area contributed by atoms with Gasteiger partial charge in [-0.2, -0.15) is 0 Å². The Bertz CT molecular complexity index is 1610. The third kappa shape index (κ3) is 5.70. The molecule has 1 aliphatic heterocycles. The van der Waals surface area contributed by atoms with Crippen molar-refractivity contribution in [2.75, 3.05) is 18.1 Å². The third-order valence-corrected chi connectivity index (χ3v) is 8.12. The number of carbonyl (C=O) groups is 2. The molecule has 212 valence electrons. The molecule has 1 amide bonds. The largest absolute Gasteiger partial charge is 0.507 e. The van der Waals surface area contributed by atoms with Gasteiger partial charge in [-0.05, 0) is 60.7 Å². The maximum atomic E-state index is 13.6. The minimum Gasteiger partial charge on any atom is -0.507 e. The van der Waals surface area contributed by atoms with E-state index in [0.29, 0.717) is 52.4 Å². The number of rotatable bonds is 10. The lowest BCUT2D eigenvalue weighted by Gasteiger charge is -2.23. The van der Waals surface area contributed by atoms with E-state index in [0.717, 1.165) is 23.1 Å². The van der Waals surface area contributed by atoms with E-state index in [1.54, 1.807) is 18.2 Å². The molecule has 1 aromatic heterocycles. The lowest BCUT2D eigenvalue weighted by molar-refractivity contribution is -0.132. The number of thiazole rings is 1. The van der Waals surface area contributed by atoms with E-state index in [1.165, 1.54) is 16.2 Å². The highest BCUT2D eigenvalue weighted by Gasteiger charge is 2.48. The van der Waals surface area contributed by atoms with Crippen LogP contribution in [0.15, 0.2) is 72.3 Å². The molecule has 1 unspecified atom stereocenters. The highest BCUT2D eigenvalue weighted by molar-refractivity contribution is 7.22. The first-order valence-corrected chi connectivity index (χ1v) is 14.8. The number of nitrogens with zero attached hydrogens (tertiary/aromatic N) is 2. The van der Waals surface area contributed by atoms with Crippen LogP contribution in [0.3, 0.4) is 0 Å². The SMILES string of the molecule is CCCCOc1cccc(/C(O)=C2\C(=O)C(=O)N(c3nc4ccc(OCC)cc4s3)C2c2ccc(C(C)C)cc2)c1. The standard InChI is InChI=1S/C33H34N2O5S/c1-5-7-17-40-24-10-8-9-23(18-24)30(36)28-29(22-13-11-21(12-14-22)20(3)4)35(32(38)31(28)37)33-34-26-16-15-25(39-6-2)19-27(26)41-33/h8-16,18-20,29,36H,5-7,17H2,1-4H3/b30-28+. The van der Waals surface area contributed by atoms with Gasteiger partial charge in [0.15, 0.2) is 5.13 Å². The first-order valence-electron chi connectivity index (χ1n) is 14.0. The fraction of sp³-hybridized carbons (Fsp3) is 0.303. The number of amides is 1. The summed E-state index contributed by atoms with van der Waals surface area (Å²) >= 11 is 1.31. The van der Waals surface area contributed by atoms with Crippen LogP contribution in [-0.4, -0.2) is 35.0 Å². The number of aliphatic hydroxyl groups excluding tert-OH is 1. The first kappa shape index (κ1) is 28.4. The van der Waals surface area contributed by atoms with Crippen LogP contribution in [0.4, 0.5) is 5.13 Å². The Morgan fingerprint density at radius 3 is 2.46 bits per heavy atom. The number of aliphatic hydroxyl groups is 1. The number of benzene rings is 3. The topological polar surface area (TPSA) is 89.0 Å². The minimum atomic E-state index is -0.854. The molecular formula is C33H34N2O5S. The van der Waals surface area contributed by atoms with Crippen LogP contribution in [0.1, 0.15) is 69.2 Å². The van der Waals surface area contributed by atoms with Crippen LogP contribution >= 0.6 is 11.3 Å². The van der Waals surface area contributed by atoms with Crippen LogP contribution in [0.25, 0.3) is 16.0 Å². The number of carbonyl (C=O) groups excluding carboxylic acids is 2. The predicted molar refractivity (Wildman–Crippen MR) is 163 cm³/mol. The molecular weight excluding hydrogens is 536 g/mol. The molecule has 0 aliphatic carbocycles. The molecule has 3 aromatic carbocycles. The summed E-state index contributed by atoms with van der Waals surface area (Å²) in [6.07, 6.45) is 1.90. The van der Waals surface area contributed by atoms with Gasteiger partial charge in [0, 0.05) is 5.56 Å². The van der Waals surface area contributed by atoms with E-state index in [4.69, 9.17) is 14.5 Å². The monoisotopic (exact) mass is 570 g/mol. The van der Waals surface area contributed by atoms with E-state index >= 15 is 0 Å². The number of Topliss-reactive ketones (excluding diaryl/α,β-unsaturated/α-hetero) is 1. The van der Waals surface area contributed by atoms with E-state index in [1.807, 2.05) is 55.5 Å². The van der Waals surface area contributed by atoms with Crippen molar-refractivity contribution in [1.29, 1.82) is 0 Å². The average Bonchev–Trinajstić information content (AvgIpc) is 3.50. The Labute approximate surface area is 244 Å². The second-order valence-corrected chi connectivity index (χ2v) is 11.3. The number of fused-ring (bicyclic) bond motifs is 1. The molecule has 2 heterocycles. The zero-order chi connectivity index (χ0) is 29.1. The van der Waals surface area contributed by atoms with E-state index < -0.39 is 17.7 Å². The van der Waals surface area contributed by atoms with Crippen LogP contribution in [0.5, 0.6) is 11.5 Å². The highest BCUT2D eigenvalue weighted by atomic mass is 32.1. The lowest BCUT2D eigenvalue weighted by atomic mass is 9.93. The van der Waals surface area contributed by atoms with E-state index in [-0.39, 0.29) is 11.3 Å². The molecule has 0 bridgehead atoms. The van der Waals surface area contributed by atoms with Crippen molar-refractivity contribution in [2.24, 2.45) is 0 Å². The van der Waals surface area contributed by atoms with Crippen molar-refractivity contribution < 1.29 is 24.2 Å². The number of anilines is 1. The molecule has 5 rings (SSSR count). The smallest absolute Gasteiger partial charge is 0.301 e. The molecule has 0 spiro atoms. The average molecular weight is 571 g/mol. The van der Waals surface area contributed by atoms with Crippen molar-refractivity contribution in [3.05, 3.63) is 89.0 Å². The second kappa shape index (κ2) is 12.1. The number of ether oxygens (including phenoxy) is 2. The van der Waals surface area contributed by atoms with Crippen molar-refractivity contribution in [2.45, 2.75) is 52.5 Å². The Morgan fingerprint density at radius 1 is 1.00 bits per heavy atom. The van der Waals surface area contributed by atoms with Gasteiger partial charge in [0.1, 0.15) is 17.3 Å². The summed E-state index contributed by atoms with van der Waals surface area (Å²) in [5.74, 6) is -0.125. The molecule has 8 heteroatoms. The van der Waals surface area contributed by atoms with Crippen LogP contribution < -0.4 is 14.4 Å².